The number of carbonyl (C=O) groups is 1. The summed E-state index contributed by atoms with van der Waals surface area (Å²) in [6.07, 6.45) is 0.741. The predicted molar refractivity (Wildman–Crippen MR) is 35.6 cm³/mol. The highest BCUT2D eigenvalue weighted by atomic mass is 16.1. The van der Waals surface area contributed by atoms with Gasteiger partial charge < -0.3 is 5.32 Å². The standard InChI is InChI=1S/C6H13NO.H2/c1-5(2)6(3)7-4-8;/h4-6H,1-3H3,(H,7,8);1H/t6-;/m1./s1. The fraction of sp³-hybridized carbons (Fsp3) is 0.833. The van der Waals surface area contributed by atoms with Crippen LogP contribution in [0.1, 0.15) is 22.2 Å². The normalized spacial score (nSPS) is 13.5. The van der Waals surface area contributed by atoms with Crippen molar-refractivity contribution in [3.05, 3.63) is 0 Å². The highest BCUT2D eigenvalue weighted by Gasteiger charge is 2.02. The second-order valence-corrected chi connectivity index (χ2v) is 2.32. The number of rotatable bonds is 3. The minimum absolute atomic E-state index is 0. The second-order valence-electron chi connectivity index (χ2n) is 2.32. The number of nitrogens with one attached hydrogen (secondary N) is 1. The molecule has 0 fully saturated rings. The largest absolute Gasteiger partial charge is 0.356 e. The molecule has 0 heterocycles. The predicted octanol–water partition coefficient (Wildman–Crippen LogP) is 1.02. The van der Waals surface area contributed by atoms with Crippen molar-refractivity contribution in [2.75, 3.05) is 0 Å². The van der Waals surface area contributed by atoms with Crippen LogP contribution in [0.4, 0.5) is 0 Å². The Balaban J connectivity index is 0. The van der Waals surface area contributed by atoms with Crippen molar-refractivity contribution >= 4 is 6.41 Å². The van der Waals surface area contributed by atoms with Crippen molar-refractivity contribution in [1.82, 2.24) is 5.32 Å². The highest BCUT2D eigenvalue weighted by Crippen LogP contribution is 1.97. The van der Waals surface area contributed by atoms with Crippen molar-refractivity contribution in [2.24, 2.45) is 5.92 Å². The third kappa shape index (κ3) is 2.61. The van der Waals surface area contributed by atoms with Crippen LogP contribution in [0, 0.1) is 5.92 Å². The van der Waals surface area contributed by atoms with Gasteiger partial charge in [0.1, 0.15) is 0 Å². The van der Waals surface area contributed by atoms with E-state index in [1.807, 2.05) is 6.92 Å². The summed E-state index contributed by atoms with van der Waals surface area (Å²) in [5.74, 6) is 0.528. The van der Waals surface area contributed by atoms with Crippen LogP contribution in [0.3, 0.4) is 0 Å². The Morgan fingerprint density at radius 3 is 2.12 bits per heavy atom. The molecule has 1 N–H and O–H groups in total. The summed E-state index contributed by atoms with van der Waals surface area (Å²) in [4.78, 5) is 9.81. The smallest absolute Gasteiger partial charge is 0.207 e. The maximum Gasteiger partial charge on any atom is 0.207 e. The van der Waals surface area contributed by atoms with Crippen molar-refractivity contribution < 1.29 is 6.22 Å². The molecule has 0 aromatic carbocycles. The lowest BCUT2D eigenvalue weighted by Gasteiger charge is -2.12. The van der Waals surface area contributed by atoms with E-state index in [0.717, 1.165) is 6.41 Å². The molecule has 8 heavy (non-hydrogen) atoms. The number of carbonyl (C=O) groups excluding carboxylic acids is 1. The summed E-state index contributed by atoms with van der Waals surface area (Å²) in [5, 5.41) is 2.66. The molecule has 0 rings (SSSR count). The lowest BCUT2D eigenvalue weighted by atomic mass is 10.1. The first-order chi connectivity index (χ1) is 3.68. The topological polar surface area (TPSA) is 29.1 Å². The van der Waals surface area contributed by atoms with Gasteiger partial charge in [0.15, 0.2) is 0 Å². The Morgan fingerprint density at radius 1 is 1.50 bits per heavy atom. The first kappa shape index (κ1) is 7.47. The van der Waals surface area contributed by atoms with E-state index in [-0.39, 0.29) is 1.43 Å². The van der Waals surface area contributed by atoms with Crippen molar-refractivity contribution in [3.8, 4) is 0 Å². The molecular formula is C6H15NO. The van der Waals surface area contributed by atoms with Gasteiger partial charge in [-0.2, -0.15) is 0 Å². The van der Waals surface area contributed by atoms with Crippen LogP contribution < -0.4 is 5.32 Å². The Bertz CT molecular complexity index is 75.5. The molecule has 0 aliphatic heterocycles. The monoisotopic (exact) mass is 117 g/mol. The quantitative estimate of drug-likeness (QED) is 0.549. The van der Waals surface area contributed by atoms with Gasteiger partial charge in [-0.1, -0.05) is 13.8 Å². The summed E-state index contributed by atoms with van der Waals surface area (Å²) in [7, 11) is 0. The molecule has 0 radical (unpaired) electrons. The van der Waals surface area contributed by atoms with Gasteiger partial charge >= 0.3 is 0 Å². The summed E-state index contributed by atoms with van der Waals surface area (Å²) >= 11 is 0. The third-order valence-electron chi connectivity index (χ3n) is 1.33. The van der Waals surface area contributed by atoms with Crippen LogP contribution in [0.2, 0.25) is 0 Å². The molecule has 50 valence electrons. The Labute approximate surface area is 51.8 Å². The van der Waals surface area contributed by atoms with Crippen LogP contribution in [0.25, 0.3) is 0 Å². The van der Waals surface area contributed by atoms with E-state index in [1.165, 1.54) is 0 Å². The minimum atomic E-state index is 0. The Kier molecular flexibility index (Phi) is 3.24. The van der Waals surface area contributed by atoms with Crippen LogP contribution >= 0.6 is 0 Å². The molecule has 0 aliphatic rings. The van der Waals surface area contributed by atoms with Gasteiger partial charge in [-0.05, 0) is 12.8 Å². The van der Waals surface area contributed by atoms with E-state index in [1.54, 1.807) is 0 Å². The van der Waals surface area contributed by atoms with Gasteiger partial charge in [-0.25, -0.2) is 0 Å². The zero-order valence-electron chi connectivity index (χ0n) is 5.64. The third-order valence-corrected chi connectivity index (χ3v) is 1.33. The van der Waals surface area contributed by atoms with Gasteiger partial charge in [0.25, 0.3) is 0 Å². The van der Waals surface area contributed by atoms with Crippen LogP contribution in [0.15, 0.2) is 0 Å². The fourth-order valence-electron chi connectivity index (χ4n) is 0.300. The number of amides is 1. The fourth-order valence-corrected chi connectivity index (χ4v) is 0.300. The van der Waals surface area contributed by atoms with Crippen molar-refractivity contribution in [1.29, 1.82) is 0 Å². The van der Waals surface area contributed by atoms with E-state index >= 15 is 0 Å². The van der Waals surface area contributed by atoms with Crippen LogP contribution in [0.5, 0.6) is 0 Å². The van der Waals surface area contributed by atoms with Crippen LogP contribution in [-0.4, -0.2) is 12.5 Å². The lowest BCUT2D eigenvalue weighted by Crippen LogP contribution is -2.29. The first-order valence-electron chi connectivity index (χ1n) is 2.88. The Morgan fingerprint density at radius 2 is 2.00 bits per heavy atom. The maximum absolute atomic E-state index is 9.81. The molecule has 0 aliphatic carbocycles. The average molecular weight is 117 g/mol. The molecule has 0 bridgehead atoms. The zero-order chi connectivity index (χ0) is 6.57. The van der Waals surface area contributed by atoms with E-state index in [9.17, 15) is 4.79 Å². The van der Waals surface area contributed by atoms with E-state index in [2.05, 4.69) is 19.2 Å². The second kappa shape index (κ2) is 3.47. The summed E-state index contributed by atoms with van der Waals surface area (Å²) < 4.78 is 0. The minimum Gasteiger partial charge on any atom is -0.356 e. The molecule has 0 spiro atoms. The van der Waals surface area contributed by atoms with Gasteiger partial charge in [0, 0.05) is 7.47 Å². The highest BCUT2D eigenvalue weighted by molar-refractivity contribution is 5.46. The van der Waals surface area contributed by atoms with Crippen molar-refractivity contribution in [3.63, 3.8) is 0 Å². The zero-order valence-corrected chi connectivity index (χ0v) is 5.64. The van der Waals surface area contributed by atoms with Crippen molar-refractivity contribution in [2.45, 2.75) is 26.8 Å². The number of hydrogen-bond acceptors (Lipinski definition) is 1. The average Bonchev–Trinajstić information content (AvgIpc) is 1.67. The first-order valence-corrected chi connectivity index (χ1v) is 2.88. The Hall–Kier alpha value is -0.530. The summed E-state index contributed by atoms with van der Waals surface area (Å²) in [6, 6.07) is 0.299. The molecule has 0 saturated heterocycles. The maximum atomic E-state index is 9.81. The van der Waals surface area contributed by atoms with Gasteiger partial charge in [0.2, 0.25) is 6.41 Å². The molecule has 0 aromatic heterocycles. The SMILES string of the molecule is CC(C)[C@@H](C)NC=O.[HH]. The van der Waals surface area contributed by atoms with Gasteiger partial charge in [-0.3, -0.25) is 4.79 Å². The summed E-state index contributed by atoms with van der Waals surface area (Å²) in [5.41, 5.74) is 0. The molecule has 2 heteroatoms. The van der Waals surface area contributed by atoms with E-state index < -0.39 is 0 Å². The molecular weight excluding hydrogens is 102 g/mol. The van der Waals surface area contributed by atoms with E-state index in [4.69, 9.17) is 0 Å². The molecule has 1 atom stereocenters. The van der Waals surface area contributed by atoms with Gasteiger partial charge in [-0.15, -0.1) is 0 Å². The molecule has 1 amide bonds. The molecule has 0 unspecified atom stereocenters. The van der Waals surface area contributed by atoms with E-state index in [0.29, 0.717) is 12.0 Å². The van der Waals surface area contributed by atoms with Crippen LogP contribution in [-0.2, 0) is 4.79 Å². The number of hydrogen-bond donors (Lipinski definition) is 1. The lowest BCUT2D eigenvalue weighted by molar-refractivity contribution is -0.110. The van der Waals surface area contributed by atoms with Gasteiger partial charge in [0.05, 0.1) is 0 Å². The molecule has 2 nitrogen and oxygen atoms in total. The summed E-state index contributed by atoms with van der Waals surface area (Å²) in [6.45, 7) is 6.13. The molecule has 0 saturated carbocycles. The molecule has 0 aromatic rings.